The fourth-order valence-corrected chi connectivity index (χ4v) is 2.64. The summed E-state index contributed by atoms with van der Waals surface area (Å²) in [6.07, 6.45) is -4.45. The van der Waals surface area contributed by atoms with Crippen LogP contribution >= 0.6 is 0 Å². The molecule has 0 spiro atoms. The molecular formula is C12H14F3NO4S. The fourth-order valence-electron chi connectivity index (χ4n) is 1.38. The van der Waals surface area contributed by atoms with Gasteiger partial charge in [0.05, 0.1) is 5.75 Å². The van der Waals surface area contributed by atoms with E-state index in [1.54, 1.807) is 0 Å². The van der Waals surface area contributed by atoms with Crippen molar-refractivity contribution in [3.63, 3.8) is 0 Å². The number of benzene rings is 1. The van der Waals surface area contributed by atoms with Crippen molar-refractivity contribution >= 4 is 15.7 Å². The lowest BCUT2D eigenvalue weighted by Crippen LogP contribution is -2.33. The molecule has 5 nitrogen and oxygen atoms in total. The summed E-state index contributed by atoms with van der Waals surface area (Å²) >= 11 is 0. The van der Waals surface area contributed by atoms with Crippen LogP contribution in [-0.2, 0) is 20.4 Å². The van der Waals surface area contributed by atoms with Gasteiger partial charge in [-0.25, -0.2) is 8.42 Å². The first-order chi connectivity index (χ1) is 9.51. The highest BCUT2D eigenvalue weighted by atomic mass is 32.2. The molecule has 0 unspecified atom stereocenters. The quantitative estimate of drug-likeness (QED) is 0.857. The van der Waals surface area contributed by atoms with Crippen LogP contribution in [0.4, 0.5) is 13.2 Å². The summed E-state index contributed by atoms with van der Waals surface area (Å²) in [5, 5.41) is -1.33. The molecule has 1 atom stereocenters. The molecule has 1 amide bonds. The van der Waals surface area contributed by atoms with Gasteiger partial charge in [0.1, 0.15) is 11.0 Å². The lowest BCUT2D eigenvalue weighted by molar-refractivity contribution is -0.153. The lowest BCUT2D eigenvalue weighted by atomic mass is 10.2. The number of halogens is 3. The highest BCUT2D eigenvalue weighted by molar-refractivity contribution is 7.92. The molecule has 118 valence electrons. The minimum atomic E-state index is -4.45. The number of amides is 1. The van der Waals surface area contributed by atoms with Crippen molar-refractivity contribution in [2.24, 2.45) is 5.73 Å². The number of sulfone groups is 1. The average Bonchev–Trinajstić information content (AvgIpc) is 2.35. The van der Waals surface area contributed by atoms with Crippen molar-refractivity contribution in [3.05, 3.63) is 29.8 Å². The van der Waals surface area contributed by atoms with Gasteiger partial charge in [0.2, 0.25) is 5.91 Å². The standard InChI is InChI=1S/C12H14F3NO4S/c1-8(11(16)17)21(18,19)6-9-2-4-10(5-3-9)20-7-12(13,14)15/h2-5,8H,6-7H2,1H3,(H2,16,17)/t8-/m1/s1. The molecule has 0 saturated carbocycles. The van der Waals surface area contributed by atoms with Crippen LogP contribution < -0.4 is 10.5 Å². The van der Waals surface area contributed by atoms with Gasteiger partial charge in [-0.1, -0.05) is 12.1 Å². The molecule has 0 aliphatic rings. The van der Waals surface area contributed by atoms with Crippen LogP contribution in [0.5, 0.6) is 5.75 Å². The second-order valence-corrected chi connectivity index (χ2v) is 6.72. The van der Waals surface area contributed by atoms with Gasteiger partial charge >= 0.3 is 6.18 Å². The van der Waals surface area contributed by atoms with Crippen LogP contribution in [0, 0.1) is 0 Å². The van der Waals surface area contributed by atoms with Gasteiger partial charge in [-0.3, -0.25) is 4.79 Å². The predicted octanol–water partition coefficient (Wildman–Crippen LogP) is 1.42. The number of ether oxygens (including phenoxy) is 1. The Morgan fingerprint density at radius 2 is 1.81 bits per heavy atom. The second-order valence-electron chi connectivity index (χ2n) is 4.40. The van der Waals surface area contributed by atoms with Crippen LogP contribution in [0.15, 0.2) is 24.3 Å². The van der Waals surface area contributed by atoms with Gasteiger partial charge in [0, 0.05) is 0 Å². The summed E-state index contributed by atoms with van der Waals surface area (Å²) in [6, 6.07) is 5.09. The van der Waals surface area contributed by atoms with Crippen LogP contribution in [0.1, 0.15) is 12.5 Å². The number of primary amides is 1. The molecule has 1 aromatic rings. The number of rotatable bonds is 6. The molecule has 0 saturated heterocycles. The summed E-state index contributed by atoms with van der Waals surface area (Å²) < 4.78 is 64.0. The zero-order valence-corrected chi connectivity index (χ0v) is 11.9. The Bertz CT molecular complexity index is 596. The molecule has 0 heterocycles. The van der Waals surface area contributed by atoms with Gasteiger partial charge < -0.3 is 10.5 Å². The Balaban J connectivity index is 2.73. The van der Waals surface area contributed by atoms with E-state index in [2.05, 4.69) is 4.74 Å². The maximum Gasteiger partial charge on any atom is 0.422 e. The highest BCUT2D eigenvalue weighted by Crippen LogP contribution is 2.20. The molecule has 0 bridgehead atoms. The molecular weight excluding hydrogens is 311 g/mol. The van der Waals surface area contributed by atoms with E-state index in [1.165, 1.54) is 31.2 Å². The van der Waals surface area contributed by atoms with Crippen LogP contribution in [0.25, 0.3) is 0 Å². The molecule has 1 aromatic carbocycles. The van der Waals surface area contributed by atoms with E-state index in [9.17, 15) is 26.4 Å². The molecule has 21 heavy (non-hydrogen) atoms. The first kappa shape index (κ1) is 17.3. The van der Waals surface area contributed by atoms with Crippen molar-refractivity contribution in [3.8, 4) is 5.75 Å². The third-order valence-corrected chi connectivity index (χ3v) is 4.68. The smallest absolute Gasteiger partial charge is 0.422 e. The molecule has 0 fully saturated rings. The third-order valence-electron chi connectivity index (χ3n) is 2.63. The Morgan fingerprint density at radius 3 is 2.24 bits per heavy atom. The van der Waals surface area contributed by atoms with Crippen LogP contribution in [-0.4, -0.2) is 32.4 Å². The summed E-state index contributed by atoms with van der Waals surface area (Å²) in [5.74, 6) is -1.42. The Kier molecular flexibility index (Phi) is 5.21. The largest absolute Gasteiger partial charge is 0.484 e. The topological polar surface area (TPSA) is 86.5 Å². The van der Waals surface area contributed by atoms with E-state index in [-0.39, 0.29) is 5.75 Å². The van der Waals surface area contributed by atoms with Crippen molar-refractivity contribution in [1.29, 1.82) is 0 Å². The molecule has 0 aromatic heterocycles. The van der Waals surface area contributed by atoms with E-state index in [1.807, 2.05) is 0 Å². The van der Waals surface area contributed by atoms with E-state index < -0.39 is 39.5 Å². The van der Waals surface area contributed by atoms with Gasteiger partial charge in [-0.15, -0.1) is 0 Å². The number of hydrogen-bond donors (Lipinski definition) is 1. The van der Waals surface area contributed by atoms with Gasteiger partial charge in [-0.2, -0.15) is 13.2 Å². The molecule has 1 rings (SSSR count). The van der Waals surface area contributed by atoms with Crippen molar-refractivity contribution < 1.29 is 31.1 Å². The second kappa shape index (κ2) is 6.33. The average molecular weight is 325 g/mol. The number of carbonyl (C=O) groups excluding carboxylic acids is 1. The Labute approximate surface area is 119 Å². The zero-order chi connectivity index (χ0) is 16.3. The van der Waals surface area contributed by atoms with Crippen molar-refractivity contribution in [2.45, 2.75) is 24.1 Å². The molecule has 2 N–H and O–H groups in total. The van der Waals surface area contributed by atoms with Crippen LogP contribution in [0.3, 0.4) is 0 Å². The van der Waals surface area contributed by atoms with Gasteiger partial charge in [-0.05, 0) is 24.6 Å². The zero-order valence-electron chi connectivity index (χ0n) is 11.1. The van der Waals surface area contributed by atoms with E-state index in [0.29, 0.717) is 5.56 Å². The van der Waals surface area contributed by atoms with E-state index >= 15 is 0 Å². The van der Waals surface area contributed by atoms with E-state index in [0.717, 1.165) is 0 Å². The number of hydrogen-bond acceptors (Lipinski definition) is 4. The Morgan fingerprint density at radius 1 is 1.29 bits per heavy atom. The summed E-state index contributed by atoms with van der Waals surface area (Å²) in [4.78, 5) is 10.9. The van der Waals surface area contributed by atoms with Gasteiger partial charge in [0.15, 0.2) is 16.4 Å². The number of alkyl halides is 3. The maximum atomic E-state index is 12.0. The predicted molar refractivity (Wildman–Crippen MR) is 69.3 cm³/mol. The van der Waals surface area contributed by atoms with Gasteiger partial charge in [0.25, 0.3) is 0 Å². The summed E-state index contributed by atoms with van der Waals surface area (Å²) in [7, 11) is -3.76. The number of carbonyl (C=O) groups is 1. The molecule has 0 aliphatic carbocycles. The number of nitrogens with two attached hydrogens (primary N) is 1. The molecule has 0 aliphatic heterocycles. The fraction of sp³-hybridized carbons (Fsp3) is 0.417. The first-order valence-corrected chi connectivity index (χ1v) is 7.52. The SMILES string of the molecule is C[C@H](C(N)=O)S(=O)(=O)Cc1ccc(OCC(F)(F)F)cc1. The Hall–Kier alpha value is -1.77. The molecule has 0 radical (unpaired) electrons. The monoisotopic (exact) mass is 325 g/mol. The maximum absolute atomic E-state index is 12.0. The molecule has 9 heteroatoms. The first-order valence-electron chi connectivity index (χ1n) is 5.80. The van der Waals surface area contributed by atoms with E-state index in [4.69, 9.17) is 5.73 Å². The highest BCUT2D eigenvalue weighted by Gasteiger charge is 2.28. The van der Waals surface area contributed by atoms with Crippen LogP contribution in [0.2, 0.25) is 0 Å². The van der Waals surface area contributed by atoms with Crippen molar-refractivity contribution in [2.75, 3.05) is 6.61 Å². The minimum absolute atomic E-state index is 0.0311. The summed E-state index contributed by atoms with van der Waals surface area (Å²) in [6.45, 7) is -0.248. The summed E-state index contributed by atoms with van der Waals surface area (Å²) in [5.41, 5.74) is 5.26. The lowest BCUT2D eigenvalue weighted by Gasteiger charge is -2.11. The minimum Gasteiger partial charge on any atom is -0.484 e. The third kappa shape index (κ3) is 5.62. The van der Waals surface area contributed by atoms with Crippen molar-refractivity contribution in [1.82, 2.24) is 0 Å². The normalized spacial score (nSPS) is 13.7.